The van der Waals surface area contributed by atoms with E-state index in [0.29, 0.717) is 0 Å². The van der Waals surface area contributed by atoms with E-state index >= 15 is 0 Å². The number of rotatable bonds is 5. The molecule has 1 aliphatic rings. The van der Waals surface area contributed by atoms with Crippen LogP contribution in [0.2, 0.25) is 0 Å². The topological polar surface area (TPSA) is 51.3 Å². The molecule has 1 aromatic rings. The highest BCUT2D eigenvalue weighted by molar-refractivity contribution is 5.78. The van der Waals surface area contributed by atoms with Crippen molar-refractivity contribution >= 4 is 5.97 Å². The van der Waals surface area contributed by atoms with E-state index in [-0.39, 0.29) is 18.3 Å². The molecule has 0 bridgehead atoms. The fourth-order valence-electron chi connectivity index (χ4n) is 1.68. The predicted molar refractivity (Wildman–Crippen MR) is 69.8 cm³/mol. The van der Waals surface area contributed by atoms with Gasteiger partial charge in [0.25, 0.3) is 0 Å². The molecule has 0 aromatic heterocycles. The first-order valence-electron chi connectivity index (χ1n) is 6.19. The molecule has 0 saturated carbocycles. The second-order valence-corrected chi connectivity index (χ2v) is 4.75. The lowest BCUT2D eigenvalue weighted by molar-refractivity contribution is -0.156. The third kappa shape index (κ3) is 3.24. The third-order valence-electron chi connectivity index (χ3n) is 3.18. The van der Waals surface area contributed by atoms with Gasteiger partial charge in [-0.05, 0) is 38.7 Å². The second kappa shape index (κ2) is 5.59. The van der Waals surface area contributed by atoms with Crippen LogP contribution < -0.4 is 4.74 Å². The maximum absolute atomic E-state index is 11.8. The third-order valence-corrected chi connectivity index (χ3v) is 3.18. The van der Waals surface area contributed by atoms with Gasteiger partial charge in [0.05, 0.1) is 7.11 Å². The van der Waals surface area contributed by atoms with Crippen molar-refractivity contribution in [3.05, 3.63) is 29.8 Å². The van der Waals surface area contributed by atoms with Crippen LogP contribution in [-0.2, 0) is 14.3 Å². The molecular weight excluding hydrogens is 246 g/mol. The molecule has 1 heterocycles. The molecule has 3 unspecified atom stereocenters. The average molecular weight is 265 g/mol. The van der Waals surface area contributed by atoms with Crippen LogP contribution in [0.3, 0.4) is 0 Å². The van der Waals surface area contributed by atoms with Gasteiger partial charge in [-0.15, -0.1) is 0 Å². The van der Waals surface area contributed by atoms with Crippen molar-refractivity contribution in [3.8, 4) is 5.75 Å². The summed E-state index contributed by atoms with van der Waals surface area (Å²) in [5, 5.41) is 0. The Morgan fingerprint density at radius 1 is 1.32 bits per heavy atom. The molecule has 3 atom stereocenters. The summed E-state index contributed by atoms with van der Waals surface area (Å²) in [6, 6.07) is 7.49. The van der Waals surface area contributed by atoms with Crippen LogP contribution in [0.25, 0.3) is 0 Å². The lowest BCUT2D eigenvalue weighted by atomic mass is 10.1. The number of carbonyl (C=O) groups excluding carboxylic acids is 1. The van der Waals surface area contributed by atoms with Crippen molar-refractivity contribution < 1.29 is 19.0 Å². The van der Waals surface area contributed by atoms with Gasteiger partial charge in [-0.1, -0.05) is 12.1 Å². The Hall–Kier alpha value is -1.59. The number of hydrogen-bond donors (Lipinski definition) is 0. The van der Waals surface area contributed by atoms with Gasteiger partial charge in [0.15, 0.2) is 12.3 Å². The summed E-state index contributed by atoms with van der Waals surface area (Å²) in [5.41, 5.74) is 0.959. The maximum atomic E-state index is 11.8. The standard InChI is InChI=1S/C14H19NO4/c1-9(15(2)3)18-14(16)13-12(19-13)10-5-7-11(17-4)8-6-10/h5-9,12-13H,1-4H3. The van der Waals surface area contributed by atoms with Crippen LogP contribution >= 0.6 is 0 Å². The first-order chi connectivity index (χ1) is 9.02. The van der Waals surface area contributed by atoms with Crippen molar-refractivity contribution in [1.29, 1.82) is 0 Å². The molecule has 0 spiro atoms. The van der Waals surface area contributed by atoms with Gasteiger partial charge >= 0.3 is 5.97 Å². The van der Waals surface area contributed by atoms with Gasteiger partial charge in [0.1, 0.15) is 11.9 Å². The van der Waals surface area contributed by atoms with Crippen molar-refractivity contribution in [2.75, 3.05) is 21.2 Å². The number of hydrogen-bond acceptors (Lipinski definition) is 5. The zero-order valence-electron chi connectivity index (χ0n) is 11.6. The van der Waals surface area contributed by atoms with E-state index in [1.54, 1.807) is 7.11 Å². The molecule has 1 saturated heterocycles. The predicted octanol–water partition coefficient (Wildman–Crippen LogP) is 1.59. The van der Waals surface area contributed by atoms with Crippen LogP contribution in [0.5, 0.6) is 5.75 Å². The molecule has 2 rings (SSSR count). The van der Waals surface area contributed by atoms with E-state index in [9.17, 15) is 4.79 Å². The molecule has 5 heteroatoms. The molecule has 0 radical (unpaired) electrons. The molecular formula is C14H19NO4. The smallest absolute Gasteiger partial charge is 0.339 e. The molecule has 1 fully saturated rings. The van der Waals surface area contributed by atoms with Crippen molar-refractivity contribution in [3.63, 3.8) is 0 Å². The molecule has 0 aliphatic carbocycles. The minimum absolute atomic E-state index is 0.201. The Morgan fingerprint density at radius 3 is 2.47 bits per heavy atom. The van der Waals surface area contributed by atoms with Gasteiger partial charge in [0, 0.05) is 0 Å². The molecule has 104 valence electrons. The van der Waals surface area contributed by atoms with E-state index in [2.05, 4.69) is 0 Å². The number of nitrogens with zero attached hydrogens (tertiary/aromatic N) is 1. The Bertz CT molecular complexity index is 443. The number of methoxy groups -OCH3 is 1. The largest absolute Gasteiger partial charge is 0.497 e. The van der Waals surface area contributed by atoms with Crippen LogP contribution in [0.4, 0.5) is 0 Å². The number of esters is 1. The SMILES string of the molecule is COc1ccc(C2OC2C(=O)OC(C)N(C)C)cc1. The van der Waals surface area contributed by atoms with Crippen molar-refractivity contribution in [1.82, 2.24) is 4.90 Å². The van der Waals surface area contributed by atoms with E-state index in [4.69, 9.17) is 14.2 Å². The van der Waals surface area contributed by atoms with Gasteiger partial charge in [-0.3, -0.25) is 4.90 Å². The first kappa shape index (κ1) is 13.8. The number of epoxide rings is 1. The Balaban J connectivity index is 1.91. The van der Waals surface area contributed by atoms with E-state index in [1.165, 1.54) is 0 Å². The summed E-state index contributed by atoms with van der Waals surface area (Å²) < 4.78 is 15.7. The summed E-state index contributed by atoms with van der Waals surface area (Å²) >= 11 is 0. The monoisotopic (exact) mass is 265 g/mol. The summed E-state index contributed by atoms with van der Waals surface area (Å²) in [6.07, 6.45) is -0.947. The Kier molecular flexibility index (Phi) is 4.07. The van der Waals surface area contributed by atoms with Crippen LogP contribution in [0, 0.1) is 0 Å². The zero-order valence-corrected chi connectivity index (χ0v) is 11.6. The lowest BCUT2D eigenvalue weighted by Crippen LogP contribution is -2.31. The van der Waals surface area contributed by atoms with Crippen LogP contribution in [0.15, 0.2) is 24.3 Å². The summed E-state index contributed by atoms with van der Waals surface area (Å²) in [4.78, 5) is 13.7. The molecule has 0 amide bonds. The fraction of sp³-hybridized carbons (Fsp3) is 0.500. The first-order valence-corrected chi connectivity index (χ1v) is 6.19. The van der Waals surface area contributed by atoms with Crippen molar-refractivity contribution in [2.45, 2.75) is 25.4 Å². The average Bonchev–Trinajstić information content (AvgIpc) is 3.19. The highest BCUT2D eigenvalue weighted by Gasteiger charge is 2.47. The van der Waals surface area contributed by atoms with Crippen molar-refractivity contribution in [2.24, 2.45) is 0 Å². The minimum atomic E-state index is -0.490. The summed E-state index contributed by atoms with van der Waals surface area (Å²) in [6.45, 7) is 1.82. The Morgan fingerprint density at radius 2 is 1.95 bits per heavy atom. The highest BCUT2D eigenvalue weighted by Crippen LogP contribution is 2.40. The molecule has 0 N–H and O–H groups in total. The van der Waals surface area contributed by atoms with E-state index in [0.717, 1.165) is 11.3 Å². The fourth-order valence-corrected chi connectivity index (χ4v) is 1.68. The Labute approximate surface area is 113 Å². The minimum Gasteiger partial charge on any atom is -0.497 e. The number of carbonyl (C=O) groups is 1. The number of benzene rings is 1. The molecule has 19 heavy (non-hydrogen) atoms. The van der Waals surface area contributed by atoms with E-state index < -0.39 is 6.10 Å². The highest BCUT2D eigenvalue weighted by atomic mass is 16.6. The quantitative estimate of drug-likeness (QED) is 0.459. The summed E-state index contributed by atoms with van der Waals surface area (Å²) in [7, 11) is 5.32. The lowest BCUT2D eigenvalue weighted by Gasteiger charge is -2.19. The summed E-state index contributed by atoms with van der Waals surface area (Å²) in [5.74, 6) is 0.465. The maximum Gasteiger partial charge on any atom is 0.339 e. The van der Waals surface area contributed by atoms with Gasteiger partial charge in [-0.2, -0.15) is 0 Å². The van der Waals surface area contributed by atoms with Gasteiger partial charge in [0.2, 0.25) is 0 Å². The van der Waals surface area contributed by atoms with Gasteiger partial charge < -0.3 is 14.2 Å². The zero-order chi connectivity index (χ0) is 14.0. The number of ether oxygens (including phenoxy) is 3. The van der Waals surface area contributed by atoms with Crippen LogP contribution in [0.1, 0.15) is 18.6 Å². The normalized spacial score (nSPS) is 23.0. The van der Waals surface area contributed by atoms with Crippen LogP contribution in [-0.4, -0.2) is 44.4 Å². The second-order valence-electron chi connectivity index (χ2n) is 4.75. The molecule has 5 nitrogen and oxygen atoms in total. The molecule has 1 aromatic carbocycles. The van der Waals surface area contributed by atoms with E-state index in [1.807, 2.05) is 50.2 Å². The molecule has 1 aliphatic heterocycles. The van der Waals surface area contributed by atoms with Gasteiger partial charge in [-0.25, -0.2) is 4.79 Å².